The number of para-hydroxylation sites is 1. The number of ketones is 1. The number of hydrogen-bond donors (Lipinski definition) is 1. The molecule has 0 amide bonds. The number of oxazole rings is 1. The van der Waals surface area contributed by atoms with Crippen LogP contribution in [0.3, 0.4) is 0 Å². The van der Waals surface area contributed by atoms with E-state index in [1.165, 1.54) is 5.56 Å². The highest BCUT2D eigenvalue weighted by Gasteiger charge is 2.22. The number of nitrogens with one attached hydrogen (secondary N) is 1. The van der Waals surface area contributed by atoms with Crippen LogP contribution in [0.5, 0.6) is 5.75 Å². The van der Waals surface area contributed by atoms with Gasteiger partial charge in [-0.2, -0.15) is 0 Å². The smallest absolute Gasteiger partial charge is 0.227 e. The van der Waals surface area contributed by atoms with Crippen LogP contribution in [-0.2, 0) is 19.4 Å². The summed E-state index contributed by atoms with van der Waals surface area (Å²) in [6.45, 7) is 2.86. The van der Waals surface area contributed by atoms with Crippen molar-refractivity contribution < 1.29 is 13.9 Å². The summed E-state index contributed by atoms with van der Waals surface area (Å²) in [5, 5.41) is 4.34. The highest BCUT2D eigenvalue weighted by Crippen LogP contribution is 2.30. The Morgan fingerprint density at radius 2 is 1.90 bits per heavy atom. The Morgan fingerprint density at radius 1 is 1.05 bits per heavy atom. The van der Waals surface area contributed by atoms with Gasteiger partial charge in [0.2, 0.25) is 5.89 Å². The fourth-order valence-electron chi connectivity index (χ4n) is 5.23. The zero-order valence-electron chi connectivity index (χ0n) is 22.3. The molecule has 1 aliphatic carbocycles. The van der Waals surface area contributed by atoms with Gasteiger partial charge in [0.15, 0.2) is 11.4 Å². The molecule has 5 aromatic rings. The number of pyridine rings is 1. The molecular weight excluding hydrogens is 522 g/mol. The first-order valence-corrected chi connectivity index (χ1v) is 14.0. The summed E-state index contributed by atoms with van der Waals surface area (Å²) in [7, 11) is 0. The number of ether oxygens (including phenoxy) is 1. The lowest BCUT2D eigenvalue weighted by molar-refractivity contribution is 0.101. The maximum Gasteiger partial charge on any atom is 0.227 e. The number of fused-ring (bicyclic) bond motifs is 2. The Labute approximate surface area is 238 Å². The standard InChI is InChI=1S/C33H30ClN3O3/c1-21(38)27-15-14-26-28(6-4-7-29(26)36-27)35-18-17-23-5-2-3-8-31(23)39-20-22-9-11-24(12-10-22)33-37-30-19-25(34)13-16-32(30)40-33/h2-3,5,8-16,19,28,35H,4,6-7,17-18,20H2,1H3. The van der Waals surface area contributed by atoms with Crippen LogP contribution in [0.1, 0.15) is 58.7 Å². The van der Waals surface area contributed by atoms with E-state index in [0.717, 1.165) is 65.9 Å². The summed E-state index contributed by atoms with van der Waals surface area (Å²) in [5.41, 5.74) is 7.40. The second-order valence-corrected chi connectivity index (χ2v) is 10.6. The van der Waals surface area contributed by atoms with Crippen molar-refractivity contribution in [2.45, 2.75) is 45.3 Å². The zero-order valence-corrected chi connectivity index (χ0v) is 23.1. The average Bonchev–Trinajstić information content (AvgIpc) is 3.40. The molecule has 6 rings (SSSR count). The van der Waals surface area contributed by atoms with E-state index in [1.807, 2.05) is 54.6 Å². The lowest BCUT2D eigenvalue weighted by atomic mass is 9.90. The largest absolute Gasteiger partial charge is 0.489 e. The normalized spacial score (nSPS) is 14.7. The van der Waals surface area contributed by atoms with E-state index in [4.69, 9.17) is 20.8 Å². The molecule has 0 radical (unpaired) electrons. The number of carbonyl (C=O) groups excluding carboxylic acids is 1. The molecule has 7 heteroatoms. The second-order valence-electron chi connectivity index (χ2n) is 10.2. The SMILES string of the molecule is CC(=O)c1ccc2c(n1)CCCC2NCCc1ccccc1OCc1ccc(-c2nc3cc(Cl)ccc3o2)cc1. The molecule has 1 atom stereocenters. The first-order chi connectivity index (χ1) is 19.5. The van der Waals surface area contributed by atoms with Crippen molar-refractivity contribution in [2.24, 2.45) is 0 Å². The number of nitrogens with zero attached hydrogens (tertiary/aromatic N) is 2. The van der Waals surface area contributed by atoms with Gasteiger partial charge in [-0.25, -0.2) is 9.97 Å². The van der Waals surface area contributed by atoms with Crippen molar-refractivity contribution >= 4 is 28.5 Å². The molecule has 1 unspecified atom stereocenters. The highest BCUT2D eigenvalue weighted by molar-refractivity contribution is 6.31. The minimum Gasteiger partial charge on any atom is -0.489 e. The summed E-state index contributed by atoms with van der Waals surface area (Å²) >= 11 is 6.08. The van der Waals surface area contributed by atoms with Gasteiger partial charge in [0.1, 0.15) is 23.6 Å². The Balaban J connectivity index is 1.06. The van der Waals surface area contributed by atoms with E-state index in [-0.39, 0.29) is 11.8 Å². The summed E-state index contributed by atoms with van der Waals surface area (Å²) in [5.74, 6) is 1.47. The summed E-state index contributed by atoms with van der Waals surface area (Å²) in [6, 6.07) is 25.9. The van der Waals surface area contributed by atoms with E-state index in [2.05, 4.69) is 27.4 Å². The molecule has 0 spiro atoms. The molecule has 202 valence electrons. The first kappa shape index (κ1) is 26.2. The van der Waals surface area contributed by atoms with Crippen LogP contribution in [0.15, 0.2) is 83.3 Å². The molecule has 3 aromatic carbocycles. The van der Waals surface area contributed by atoms with Gasteiger partial charge in [-0.1, -0.05) is 48.0 Å². The number of rotatable bonds is 9. The van der Waals surface area contributed by atoms with E-state index >= 15 is 0 Å². The lowest BCUT2D eigenvalue weighted by Gasteiger charge is -2.26. The van der Waals surface area contributed by atoms with E-state index in [1.54, 1.807) is 19.1 Å². The van der Waals surface area contributed by atoms with Crippen molar-refractivity contribution in [3.63, 3.8) is 0 Å². The number of halogens is 1. The zero-order chi connectivity index (χ0) is 27.5. The number of aryl methyl sites for hydroxylation is 1. The fourth-order valence-corrected chi connectivity index (χ4v) is 5.39. The topological polar surface area (TPSA) is 77.2 Å². The molecule has 0 bridgehead atoms. The summed E-state index contributed by atoms with van der Waals surface area (Å²) in [6.07, 6.45) is 3.91. The Kier molecular flexibility index (Phi) is 7.62. The van der Waals surface area contributed by atoms with Crippen molar-refractivity contribution in [3.05, 3.63) is 112 Å². The van der Waals surface area contributed by atoms with Crippen LogP contribution in [0.25, 0.3) is 22.6 Å². The van der Waals surface area contributed by atoms with Crippen molar-refractivity contribution in [1.29, 1.82) is 0 Å². The minimum absolute atomic E-state index is 0.0133. The molecule has 2 aromatic heterocycles. The van der Waals surface area contributed by atoms with Crippen LogP contribution < -0.4 is 10.1 Å². The minimum atomic E-state index is 0.0133. The number of carbonyl (C=O) groups is 1. The van der Waals surface area contributed by atoms with Crippen molar-refractivity contribution in [2.75, 3.05) is 6.54 Å². The van der Waals surface area contributed by atoms with E-state index < -0.39 is 0 Å². The number of hydrogen-bond acceptors (Lipinski definition) is 6. The molecule has 1 aliphatic rings. The van der Waals surface area contributed by atoms with Gasteiger partial charge in [0.05, 0.1) is 0 Å². The van der Waals surface area contributed by atoms with Gasteiger partial charge in [-0.3, -0.25) is 4.79 Å². The number of aromatic nitrogens is 2. The molecule has 2 heterocycles. The van der Waals surface area contributed by atoms with Crippen LogP contribution in [0.2, 0.25) is 5.02 Å². The quantitative estimate of drug-likeness (QED) is 0.191. The molecule has 0 saturated carbocycles. The maximum atomic E-state index is 11.7. The van der Waals surface area contributed by atoms with Crippen LogP contribution in [-0.4, -0.2) is 22.3 Å². The van der Waals surface area contributed by atoms with Gasteiger partial charge in [0.25, 0.3) is 0 Å². The van der Waals surface area contributed by atoms with E-state index in [9.17, 15) is 4.79 Å². The maximum absolute atomic E-state index is 11.7. The van der Waals surface area contributed by atoms with Gasteiger partial charge in [-0.05, 0) is 91.4 Å². The third kappa shape index (κ3) is 5.79. The third-order valence-electron chi connectivity index (χ3n) is 7.35. The van der Waals surface area contributed by atoms with Crippen LogP contribution >= 0.6 is 11.6 Å². The van der Waals surface area contributed by atoms with Gasteiger partial charge < -0.3 is 14.5 Å². The predicted octanol–water partition coefficient (Wildman–Crippen LogP) is 7.53. The molecule has 0 saturated heterocycles. The van der Waals surface area contributed by atoms with Gasteiger partial charge in [0, 0.05) is 29.2 Å². The summed E-state index contributed by atoms with van der Waals surface area (Å²) < 4.78 is 12.1. The molecular formula is C33H30ClN3O3. The van der Waals surface area contributed by atoms with Gasteiger partial charge in [-0.15, -0.1) is 0 Å². The van der Waals surface area contributed by atoms with Gasteiger partial charge >= 0.3 is 0 Å². The number of Topliss-reactive ketones (excluding diaryl/α,β-unsaturated/α-hetero) is 1. The first-order valence-electron chi connectivity index (χ1n) is 13.6. The second kappa shape index (κ2) is 11.6. The molecule has 0 fully saturated rings. The van der Waals surface area contributed by atoms with Crippen LogP contribution in [0, 0.1) is 0 Å². The summed E-state index contributed by atoms with van der Waals surface area (Å²) in [4.78, 5) is 20.9. The van der Waals surface area contributed by atoms with Crippen molar-refractivity contribution in [1.82, 2.24) is 15.3 Å². The van der Waals surface area contributed by atoms with Crippen molar-refractivity contribution in [3.8, 4) is 17.2 Å². The molecule has 1 N–H and O–H groups in total. The molecule has 40 heavy (non-hydrogen) atoms. The predicted molar refractivity (Wildman–Crippen MR) is 157 cm³/mol. The Hall–Kier alpha value is -4.00. The third-order valence-corrected chi connectivity index (χ3v) is 7.59. The average molecular weight is 552 g/mol. The number of benzene rings is 3. The molecule has 6 nitrogen and oxygen atoms in total. The highest BCUT2D eigenvalue weighted by atomic mass is 35.5. The lowest BCUT2D eigenvalue weighted by Crippen LogP contribution is -2.28. The Bertz CT molecular complexity index is 1660. The van der Waals surface area contributed by atoms with E-state index in [0.29, 0.717) is 28.8 Å². The van der Waals surface area contributed by atoms with Crippen LogP contribution in [0.4, 0.5) is 0 Å². The molecule has 0 aliphatic heterocycles. The fraction of sp³-hybridized carbons (Fsp3) is 0.242. The monoisotopic (exact) mass is 551 g/mol. The Morgan fingerprint density at radius 3 is 2.75 bits per heavy atom.